The number of halogens is 1. The molecule has 3 aromatic rings. The summed E-state index contributed by atoms with van der Waals surface area (Å²) < 4.78 is 15.8. The van der Waals surface area contributed by atoms with Crippen LogP contribution in [0.3, 0.4) is 0 Å². The summed E-state index contributed by atoms with van der Waals surface area (Å²) in [5.74, 6) is -0.114. The molecular formula is C19H19FN4O2S2. The second-order valence-corrected chi connectivity index (χ2v) is 8.37. The zero-order chi connectivity index (χ0) is 19.5. The summed E-state index contributed by atoms with van der Waals surface area (Å²) in [5, 5.41) is 4.52. The van der Waals surface area contributed by atoms with Crippen LogP contribution < -0.4 is 15.8 Å². The molecule has 0 spiro atoms. The topological polar surface area (TPSA) is 66.7 Å². The minimum atomic E-state index is -0.430. The van der Waals surface area contributed by atoms with E-state index < -0.39 is 5.82 Å². The Morgan fingerprint density at radius 2 is 2.14 bits per heavy atom. The standard InChI is InChI=1S/C19H19FN4O2S2/c20-14-4-3-5-15(23-6-1-2-7-23)18(14)22-16(25)12-27-11-13-10-17(26)24-8-9-28-19(24)21-13/h3-5,8-10H,1-2,6-7,11-12H2,(H,22,25). The number of rotatable bonds is 6. The van der Waals surface area contributed by atoms with Gasteiger partial charge < -0.3 is 10.2 Å². The van der Waals surface area contributed by atoms with Crippen LogP contribution in [0, 0.1) is 5.82 Å². The number of nitrogens with zero attached hydrogens (tertiary/aromatic N) is 3. The van der Waals surface area contributed by atoms with Crippen LogP contribution in [0.25, 0.3) is 4.96 Å². The average molecular weight is 419 g/mol. The van der Waals surface area contributed by atoms with Crippen molar-refractivity contribution >= 4 is 45.3 Å². The molecule has 0 saturated carbocycles. The third-order valence-electron chi connectivity index (χ3n) is 4.54. The van der Waals surface area contributed by atoms with Crippen LogP contribution in [-0.2, 0) is 10.5 Å². The lowest BCUT2D eigenvalue weighted by Crippen LogP contribution is -2.22. The SMILES string of the molecule is O=C(CSCc1cc(=O)n2ccsc2n1)Nc1c(F)cccc1N1CCCC1. The largest absolute Gasteiger partial charge is 0.370 e. The minimum Gasteiger partial charge on any atom is -0.370 e. The van der Waals surface area contributed by atoms with Crippen LogP contribution in [0.5, 0.6) is 0 Å². The maximum absolute atomic E-state index is 14.3. The van der Waals surface area contributed by atoms with E-state index in [9.17, 15) is 14.0 Å². The minimum absolute atomic E-state index is 0.132. The van der Waals surface area contributed by atoms with Gasteiger partial charge in [-0.05, 0) is 25.0 Å². The van der Waals surface area contributed by atoms with Gasteiger partial charge in [-0.15, -0.1) is 23.1 Å². The molecule has 3 heterocycles. The van der Waals surface area contributed by atoms with Gasteiger partial charge in [0.15, 0.2) is 4.96 Å². The zero-order valence-electron chi connectivity index (χ0n) is 15.1. The molecule has 146 valence electrons. The number of fused-ring (bicyclic) bond motifs is 1. The second kappa shape index (κ2) is 8.32. The van der Waals surface area contributed by atoms with E-state index in [2.05, 4.69) is 15.2 Å². The zero-order valence-corrected chi connectivity index (χ0v) is 16.7. The molecule has 1 aliphatic rings. The fourth-order valence-electron chi connectivity index (χ4n) is 3.24. The van der Waals surface area contributed by atoms with Crippen molar-refractivity contribution in [2.45, 2.75) is 18.6 Å². The van der Waals surface area contributed by atoms with Gasteiger partial charge in [-0.1, -0.05) is 6.07 Å². The molecule has 1 aromatic carbocycles. The summed E-state index contributed by atoms with van der Waals surface area (Å²) in [4.78, 5) is 31.5. The molecule has 0 radical (unpaired) electrons. The van der Waals surface area contributed by atoms with Gasteiger partial charge in [-0.3, -0.25) is 14.0 Å². The lowest BCUT2D eigenvalue weighted by atomic mass is 10.2. The monoisotopic (exact) mass is 418 g/mol. The van der Waals surface area contributed by atoms with Crippen molar-refractivity contribution in [2.24, 2.45) is 0 Å². The van der Waals surface area contributed by atoms with Crippen molar-refractivity contribution < 1.29 is 9.18 Å². The highest BCUT2D eigenvalue weighted by molar-refractivity contribution is 7.99. The number of hydrogen-bond acceptors (Lipinski definition) is 6. The Kier molecular flexibility index (Phi) is 5.63. The number of carbonyl (C=O) groups excluding carboxylic acids is 1. The van der Waals surface area contributed by atoms with Crippen molar-refractivity contribution in [1.82, 2.24) is 9.38 Å². The highest BCUT2D eigenvalue weighted by Crippen LogP contribution is 2.31. The fraction of sp³-hybridized carbons (Fsp3) is 0.316. The van der Waals surface area contributed by atoms with Crippen molar-refractivity contribution in [2.75, 3.05) is 29.1 Å². The Balaban J connectivity index is 1.39. The van der Waals surface area contributed by atoms with Crippen molar-refractivity contribution in [3.63, 3.8) is 0 Å². The van der Waals surface area contributed by atoms with Crippen LogP contribution in [0.15, 0.2) is 40.6 Å². The van der Waals surface area contributed by atoms with Crippen LogP contribution in [0.4, 0.5) is 15.8 Å². The summed E-state index contributed by atoms with van der Waals surface area (Å²) in [5.41, 5.74) is 1.47. The van der Waals surface area contributed by atoms with E-state index >= 15 is 0 Å². The van der Waals surface area contributed by atoms with Crippen LogP contribution in [0.2, 0.25) is 0 Å². The number of aromatic nitrogens is 2. The van der Waals surface area contributed by atoms with Crippen molar-refractivity contribution in [3.05, 3.63) is 57.7 Å². The van der Waals surface area contributed by atoms with Gasteiger partial charge >= 0.3 is 0 Å². The van der Waals surface area contributed by atoms with Crippen LogP contribution in [0.1, 0.15) is 18.5 Å². The van der Waals surface area contributed by atoms with Gasteiger partial charge in [-0.2, -0.15) is 0 Å². The Labute approximate surface area is 169 Å². The van der Waals surface area contributed by atoms with Gasteiger partial charge in [0, 0.05) is 36.5 Å². The predicted octanol–water partition coefficient (Wildman–Crippen LogP) is 3.37. The number of thiazole rings is 1. The highest BCUT2D eigenvalue weighted by atomic mass is 32.2. The lowest BCUT2D eigenvalue weighted by molar-refractivity contribution is -0.113. The normalized spacial score (nSPS) is 14.0. The van der Waals surface area contributed by atoms with Gasteiger partial charge in [-0.25, -0.2) is 9.37 Å². The third kappa shape index (κ3) is 4.05. The lowest BCUT2D eigenvalue weighted by Gasteiger charge is -2.22. The Morgan fingerprint density at radius 1 is 1.32 bits per heavy atom. The van der Waals surface area contributed by atoms with Gasteiger partial charge in [0.25, 0.3) is 5.56 Å². The smallest absolute Gasteiger partial charge is 0.258 e. The van der Waals surface area contributed by atoms with Crippen molar-refractivity contribution in [1.29, 1.82) is 0 Å². The quantitative estimate of drug-likeness (QED) is 0.665. The van der Waals surface area contributed by atoms with Gasteiger partial charge in [0.2, 0.25) is 5.91 Å². The highest BCUT2D eigenvalue weighted by Gasteiger charge is 2.19. The number of para-hydroxylation sites is 1. The van der Waals surface area contributed by atoms with E-state index in [1.54, 1.807) is 17.6 Å². The van der Waals surface area contributed by atoms with E-state index in [0.29, 0.717) is 16.4 Å². The first-order valence-electron chi connectivity index (χ1n) is 8.98. The van der Waals surface area contributed by atoms with Crippen LogP contribution >= 0.6 is 23.1 Å². The molecule has 0 atom stereocenters. The molecule has 0 bridgehead atoms. The first-order valence-corrected chi connectivity index (χ1v) is 11.0. The third-order valence-corrected chi connectivity index (χ3v) is 6.26. The molecule has 0 aliphatic carbocycles. The summed E-state index contributed by atoms with van der Waals surface area (Å²) in [6, 6.07) is 6.34. The second-order valence-electron chi connectivity index (χ2n) is 6.51. The first kappa shape index (κ1) is 18.9. The molecule has 1 fully saturated rings. The predicted molar refractivity (Wildman–Crippen MR) is 112 cm³/mol. The molecule has 28 heavy (non-hydrogen) atoms. The Bertz CT molecular complexity index is 1060. The van der Waals surface area contributed by atoms with E-state index in [1.165, 1.54) is 39.6 Å². The van der Waals surface area contributed by atoms with Gasteiger partial charge in [0.05, 0.1) is 17.1 Å². The molecule has 9 heteroatoms. The summed E-state index contributed by atoms with van der Waals surface area (Å²) in [6.45, 7) is 1.74. The van der Waals surface area contributed by atoms with E-state index in [0.717, 1.165) is 31.6 Å². The summed E-state index contributed by atoms with van der Waals surface area (Å²) >= 11 is 2.73. The molecule has 4 rings (SSSR count). The molecule has 6 nitrogen and oxygen atoms in total. The number of thioether (sulfide) groups is 1. The number of amides is 1. The Morgan fingerprint density at radius 3 is 2.96 bits per heavy atom. The summed E-state index contributed by atoms with van der Waals surface area (Å²) in [7, 11) is 0. The number of nitrogens with one attached hydrogen (secondary N) is 1. The van der Waals surface area contributed by atoms with E-state index in [1.807, 2.05) is 6.07 Å². The van der Waals surface area contributed by atoms with E-state index in [4.69, 9.17) is 0 Å². The van der Waals surface area contributed by atoms with Crippen molar-refractivity contribution in [3.8, 4) is 0 Å². The van der Waals surface area contributed by atoms with E-state index in [-0.39, 0.29) is 22.9 Å². The number of hydrogen-bond donors (Lipinski definition) is 1. The molecule has 1 aliphatic heterocycles. The number of carbonyl (C=O) groups is 1. The van der Waals surface area contributed by atoms with Gasteiger partial charge in [0.1, 0.15) is 11.5 Å². The summed E-state index contributed by atoms with van der Waals surface area (Å²) in [6.07, 6.45) is 3.83. The average Bonchev–Trinajstić information content (AvgIpc) is 3.35. The molecule has 1 N–H and O–H groups in total. The molecule has 0 unspecified atom stereocenters. The first-order chi connectivity index (χ1) is 13.6. The van der Waals surface area contributed by atoms with Crippen LogP contribution in [-0.4, -0.2) is 34.1 Å². The molecule has 1 amide bonds. The maximum atomic E-state index is 14.3. The number of anilines is 2. The molecule has 1 saturated heterocycles. The fourth-order valence-corrected chi connectivity index (χ4v) is 4.70. The molecular weight excluding hydrogens is 399 g/mol. The number of benzene rings is 1. The maximum Gasteiger partial charge on any atom is 0.258 e. The Hall–Kier alpha value is -2.39. The molecule has 2 aromatic heterocycles.